The van der Waals surface area contributed by atoms with Gasteiger partial charge in [0.2, 0.25) is 5.91 Å². The average Bonchev–Trinajstić information content (AvgIpc) is 2.84. The largest absolute Gasteiger partial charge is 0.497 e. The number of alkyl carbamates (subject to hydrolysis) is 1. The van der Waals surface area contributed by atoms with Crippen LogP contribution in [-0.2, 0) is 27.5 Å². The number of thioether (sulfide) groups is 1. The normalized spacial score (nSPS) is 10.1. The Bertz CT molecular complexity index is 889. The quantitative estimate of drug-likeness (QED) is 0.354. The first-order valence-electron chi connectivity index (χ1n) is 10.2. The van der Waals surface area contributed by atoms with Crippen molar-refractivity contribution in [1.82, 2.24) is 10.6 Å². The number of benzene rings is 2. The SMILES string of the molecule is COc1ccc(COC(=O)NCCC(=O)NCCSC(=O)OCc2ccc(OC)cc2)cc1. The highest BCUT2D eigenvalue weighted by Gasteiger charge is 2.08. The van der Waals surface area contributed by atoms with E-state index in [1.54, 1.807) is 50.6 Å². The van der Waals surface area contributed by atoms with Crippen LogP contribution in [0.2, 0.25) is 0 Å². The number of carbonyl (C=O) groups excluding carboxylic acids is 3. The molecule has 0 saturated carbocycles. The third-order valence-electron chi connectivity index (χ3n) is 4.31. The zero-order valence-electron chi connectivity index (χ0n) is 18.6. The van der Waals surface area contributed by atoms with Crippen molar-refractivity contribution < 1.29 is 33.3 Å². The molecule has 10 heteroatoms. The number of hydrogen-bond donors (Lipinski definition) is 2. The molecule has 0 fully saturated rings. The highest BCUT2D eigenvalue weighted by molar-refractivity contribution is 8.13. The Morgan fingerprint density at radius 2 is 1.30 bits per heavy atom. The molecule has 0 aromatic heterocycles. The average molecular weight is 477 g/mol. The molecule has 0 radical (unpaired) electrons. The van der Waals surface area contributed by atoms with Crippen molar-refractivity contribution in [1.29, 1.82) is 0 Å². The maximum Gasteiger partial charge on any atom is 0.407 e. The molecule has 0 atom stereocenters. The van der Waals surface area contributed by atoms with Crippen molar-refractivity contribution >= 4 is 29.1 Å². The van der Waals surface area contributed by atoms with Crippen molar-refractivity contribution in [2.75, 3.05) is 33.1 Å². The summed E-state index contributed by atoms with van der Waals surface area (Å²) in [4.78, 5) is 35.3. The highest BCUT2D eigenvalue weighted by atomic mass is 32.2. The number of hydrogen-bond acceptors (Lipinski definition) is 8. The van der Waals surface area contributed by atoms with Crippen molar-refractivity contribution in [3.8, 4) is 11.5 Å². The number of carbonyl (C=O) groups is 3. The molecule has 2 aromatic carbocycles. The van der Waals surface area contributed by atoms with Gasteiger partial charge in [-0.1, -0.05) is 24.3 Å². The number of nitrogens with one attached hydrogen (secondary N) is 2. The Hall–Kier alpha value is -3.40. The summed E-state index contributed by atoms with van der Waals surface area (Å²) in [6.45, 7) is 0.740. The van der Waals surface area contributed by atoms with Crippen LogP contribution in [0, 0.1) is 0 Å². The summed E-state index contributed by atoms with van der Waals surface area (Å²) in [5.41, 5.74) is 1.68. The predicted octanol–water partition coefficient (Wildman–Crippen LogP) is 3.51. The Morgan fingerprint density at radius 1 is 0.758 bits per heavy atom. The van der Waals surface area contributed by atoms with Crippen LogP contribution < -0.4 is 20.1 Å². The first kappa shape index (κ1) is 25.9. The lowest BCUT2D eigenvalue weighted by molar-refractivity contribution is -0.120. The maximum absolute atomic E-state index is 11.8. The number of ether oxygens (including phenoxy) is 4. The third-order valence-corrected chi connectivity index (χ3v) is 5.07. The molecule has 2 N–H and O–H groups in total. The standard InChI is InChI=1S/C23H28N2O7S/c1-29-19-7-3-17(4-8-19)15-31-22(27)25-12-11-21(26)24-13-14-33-23(28)32-16-18-5-9-20(30-2)10-6-18/h3-10H,11-16H2,1-2H3,(H,24,26)(H,25,27). The van der Waals surface area contributed by atoms with E-state index in [1.807, 2.05) is 12.1 Å². The van der Waals surface area contributed by atoms with Crippen molar-refractivity contribution in [2.45, 2.75) is 19.6 Å². The first-order valence-corrected chi connectivity index (χ1v) is 11.2. The molecular formula is C23H28N2O7S. The summed E-state index contributed by atoms with van der Waals surface area (Å²) >= 11 is 0.983. The fourth-order valence-corrected chi connectivity index (χ4v) is 3.03. The highest BCUT2D eigenvalue weighted by Crippen LogP contribution is 2.14. The van der Waals surface area contributed by atoms with E-state index in [0.29, 0.717) is 12.3 Å². The van der Waals surface area contributed by atoms with Gasteiger partial charge >= 0.3 is 11.4 Å². The molecule has 178 valence electrons. The van der Waals surface area contributed by atoms with Gasteiger partial charge in [0.25, 0.3) is 0 Å². The Labute approximate surface area is 197 Å². The lowest BCUT2D eigenvalue weighted by Crippen LogP contribution is -2.32. The Morgan fingerprint density at radius 3 is 1.85 bits per heavy atom. The van der Waals surface area contributed by atoms with Gasteiger partial charge in [-0.25, -0.2) is 9.59 Å². The smallest absolute Gasteiger partial charge is 0.407 e. The van der Waals surface area contributed by atoms with Gasteiger partial charge in [-0.05, 0) is 47.2 Å². The van der Waals surface area contributed by atoms with E-state index in [0.717, 1.165) is 34.4 Å². The van der Waals surface area contributed by atoms with Gasteiger partial charge in [0.1, 0.15) is 24.7 Å². The third kappa shape index (κ3) is 10.6. The summed E-state index contributed by atoms with van der Waals surface area (Å²) in [5.74, 6) is 1.59. The van der Waals surface area contributed by atoms with Gasteiger partial charge < -0.3 is 29.6 Å². The molecule has 0 unspecified atom stereocenters. The van der Waals surface area contributed by atoms with Crippen molar-refractivity contribution in [3.63, 3.8) is 0 Å². The zero-order chi connectivity index (χ0) is 23.9. The van der Waals surface area contributed by atoms with Crippen LogP contribution in [0.4, 0.5) is 9.59 Å². The predicted molar refractivity (Wildman–Crippen MR) is 124 cm³/mol. The van der Waals surface area contributed by atoms with Crippen molar-refractivity contribution in [3.05, 3.63) is 59.7 Å². The van der Waals surface area contributed by atoms with Crippen LogP contribution in [0.25, 0.3) is 0 Å². The molecule has 9 nitrogen and oxygen atoms in total. The molecule has 2 rings (SSSR count). The second kappa shape index (κ2) is 14.6. The fourth-order valence-electron chi connectivity index (χ4n) is 2.52. The lowest BCUT2D eigenvalue weighted by Gasteiger charge is -2.08. The topological polar surface area (TPSA) is 112 Å². The van der Waals surface area contributed by atoms with E-state index in [9.17, 15) is 14.4 Å². The Balaban J connectivity index is 1.48. The van der Waals surface area contributed by atoms with Crippen LogP contribution in [0.15, 0.2) is 48.5 Å². The van der Waals surface area contributed by atoms with E-state index in [1.165, 1.54) is 0 Å². The van der Waals surface area contributed by atoms with E-state index in [-0.39, 0.29) is 32.1 Å². The zero-order valence-corrected chi connectivity index (χ0v) is 19.4. The van der Waals surface area contributed by atoms with Gasteiger partial charge in [-0.3, -0.25) is 4.79 Å². The van der Waals surface area contributed by atoms with E-state index >= 15 is 0 Å². The second-order valence-electron chi connectivity index (χ2n) is 6.69. The Kier molecular flexibility index (Phi) is 11.5. The molecule has 0 aliphatic heterocycles. The minimum Gasteiger partial charge on any atom is -0.497 e. The van der Waals surface area contributed by atoms with Gasteiger partial charge in [0.15, 0.2) is 0 Å². The van der Waals surface area contributed by atoms with Crippen LogP contribution in [-0.4, -0.2) is 50.4 Å². The summed E-state index contributed by atoms with van der Waals surface area (Å²) in [6, 6.07) is 14.4. The summed E-state index contributed by atoms with van der Waals surface area (Å²) in [5, 5.41) is 4.79. The first-order chi connectivity index (χ1) is 16.0. The van der Waals surface area contributed by atoms with Gasteiger partial charge in [-0.2, -0.15) is 0 Å². The minimum absolute atomic E-state index is 0.101. The van der Waals surface area contributed by atoms with Gasteiger partial charge in [0.05, 0.1) is 14.2 Å². The number of methoxy groups -OCH3 is 2. The molecule has 2 aromatic rings. The molecule has 2 amide bonds. The monoisotopic (exact) mass is 476 g/mol. The summed E-state index contributed by atoms with van der Waals surface area (Å²) in [7, 11) is 3.16. The fraction of sp³-hybridized carbons (Fsp3) is 0.348. The molecule has 0 heterocycles. The molecule has 0 spiro atoms. The summed E-state index contributed by atoms with van der Waals surface area (Å²) < 4.78 is 20.4. The molecule has 0 aliphatic rings. The summed E-state index contributed by atoms with van der Waals surface area (Å²) in [6.07, 6.45) is -0.502. The van der Waals surface area contributed by atoms with E-state index in [4.69, 9.17) is 18.9 Å². The molecule has 0 saturated heterocycles. The lowest BCUT2D eigenvalue weighted by atomic mass is 10.2. The van der Waals surface area contributed by atoms with E-state index < -0.39 is 11.4 Å². The van der Waals surface area contributed by atoms with Crippen LogP contribution in [0.5, 0.6) is 11.5 Å². The van der Waals surface area contributed by atoms with E-state index in [2.05, 4.69) is 10.6 Å². The van der Waals surface area contributed by atoms with Crippen LogP contribution >= 0.6 is 11.8 Å². The minimum atomic E-state index is -0.603. The van der Waals surface area contributed by atoms with Crippen LogP contribution in [0.3, 0.4) is 0 Å². The van der Waals surface area contributed by atoms with Gasteiger partial charge in [0, 0.05) is 25.3 Å². The second-order valence-corrected chi connectivity index (χ2v) is 7.72. The molecular weight excluding hydrogens is 448 g/mol. The van der Waals surface area contributed by atoms with Crippen molar-refractivity contribution in [2.24, 2.45) is 0 Å². The molecule has 0 aliphatic carbocycles. The van der Waals surface area contributed by atoms with Crippen LogP contribution in [0.1, 0.15) is 17.5 Å². The maximum atomic E-state index is 11.8. The molecule has 0 bridgehead atoms. The van der Waals surface area contributed by atoms with Gasteiger partial charge in [-0.15, -0.1) is 0 Å². The number of rotatable bonds is 12. The number of amides is 2. The molecule has 33 heavy (non-hydrogen) atoms.